The zero-order valence-electron chi connectivity index (χ0n) is 8.14. The maximum atomic E-state index is 12.6. The Morgan fingerprint density at radius 3 is 2.69 bits per heavy atom. The lowest BCUT2D eigenvalue weighted by atomic mass is 10.2. The van der Waals surface area contributed by atoms with E-state index in [1.807, 2.05) is 0 Å². The summed E-state index contributed by atoms with van der Waals surface area (Å²) in [4.78, 5) is 14.1. The van der Waals surface area contributed by atoms with Gasteiger partial charge in [0, 0.05) is 17.6 Å². The molecule has 0 amide bonds. The van der Waals surface area contributed by atoms with Crippen LogP contribution in [0.1, 0.15) is 18.2 Å². The van der Waals surface area contributed by atoms with Crippen molar-refractivity contribution in [1.29, 1.82) is 0 Å². The molecular weight excluding hydrogens is 291 g/mol. The third kappa shape index (κ3) is 3.48. The molecule has 16 heavy (non-hydrogen) atoms. The summed E-state index contributed by atoms with van der Waals surface area (Å²) in [5.41, 5.74) is -1.23. The smallest absolute Gasteiger partial charge is 0.418 e. The highest BCUT2D eigenvalue weighted by molar-refractivity contribution is 9.10. The third-order valence-electron chi connectivity index (χ3n) is 1.65. The fourth-order valence-corrected chi connectivity index (χ4v) is 1.33. The second kappa shape index (κ2) is 4.82. The van der Waals surface area contributed by atoms with Gasteiger partial charge in [-0.3, -0.25) is 9.78 Å². The molecule has 1 aromatic rings. The van der Waals surface area contributed by atoms with Crippen molar-refractivity contribution in [3.63, 3.8) is 0 Å². The van der Waals surface area contributed by atoms with Crippen LogP contribution >= 0.6 is 15.9 Å². The minimum absolute atomic E-state index is 0.214. The molecule has 0 saturated heterocycles. The largest absolute Gasteiger partial charge is 0.459 e. The van der Waals surface area contributed by atoms with Crippen molar-refractivity contribution < 1.29 is 22.7 Å². The molecule has 1 rings (SSSR count). The molecule has 3 nitrogen and oxygen atoms in total. The SMILES string of the molecule is CC(=O)OCc1ncc(Br)cc1C(F)(F)F. The average Bonchev–Trinajstić information content (AvgIpc) is 2.14. The first kappa shape index (κ1) is 13.0. The summed E-state index contributed by atoms with van der Waals surface area (Å²) in [6.45, 7) is 0.629. The molecule has 0 fully saturated rings. The van der Waals surface area contributed by atoms with Crippen molar-refractivity contribution in [3.8, 4) is 0 Å². The van der Waals surface area contributed by atoms with E-state index < -0.39 is 24.3 Å². The number of ether oxygens (including phenoxy) is 1. The molecule has 0 saturated carbocycles. The zero-order chi connectivity index (χ0) is 12.3. The Balaban J connectivity index is 3.03. The highest BCUT2D eigenvalue weighted by atomic mass is 79.9. The first-order valence-corrected chi connectivity index (χ1v) is 4.95. The summed E-state index contributed by atoms with van der Waals surface area (Å²) in [7, 11) is 0. The van der Waals surface area contributed by atoms with E-state index in [9.17, 15) is 18.0 Å². The molecule has 0 spiro atoms. The maximum Gasteiger partial charge on any atom is 0.418 e. The van der Waals surface area contributed by atoms with E-state index in [1.165, 1.54) is 6.20 Å². The number of nitrogens with zero attached hydrogens (tertiary/aromatic N) is 1. The number of pyridine rings is 1. The van der Waals surface area contributed by atoms with Crippen LogP contribution in [0.25, 0.3) is 0 Å². The van der Waals surface area contributed by atoms with Crippen LogP contribution in [-0.2, 0) is 22.3 Å². The van der Waals surface area contributed by atoms with Crippen molar-refractivity contribution in [3.05, 3.63) is 28.0 Å². The molecule has 1 aromatic heterocycles. The second-order valence-corrected chi connectivity index (χ2v) is 3.84. The molecule has 0 unspecified atom stereocenters. The molecule has 0 N–H and O–H groups in total. The molecule has 0 atom stereocenters. The molecule has 0 aliphatic heterocycles. The summed E-state index contributed by atoms with van der Waals surface area (Å²) in [5.74, 6) is -0.655. The van der Waals surface area contributed by atoms with Crippen LogP contribution < -0.4 is 0 Å². The van der Waals surface area contributed by atoms with E-state index in [-0.39, 0.29) is 10.2 Å². The van der Waals surface area contributed by atoms with Gasteiger partial charge in [0.2, 0.25) is 0 Å². The number of aromatic nitrogens is 1. The zero-order valence-corrected chi connectivity index (χ0v) is 9.72. The summed E-state index contributed by atoms with van der Waals surface area (Å²) in [6, 6.07) is 0.895. The van der Waals surface area contributed by atoms with Gasteiger partial charge in [-0.1, -0.05) is 0 Å². The summed E-state index contributed by atoms with van der Waals surface area (Å²) >= 11 is 2.90. The van der Waals surface area contributed by atoms with E-state index in [0.717, 1.165) is 13.0 Å². The second-order valence-electron chi connectivity index (χ2n) is 2.93. The summed E-state index contributed by atoms with van der Waals surface area (Å²) in [5, 5.41) is 0. The van der Waals surface area contributed by atoms with Gasteiger partial charge in [-0.25, -0.2) is 0 Å². The van der Waals surface area contributed by atoms with Crippen molar-refractivity contribution in [1.82, 2.24) is 4.98 Å². The van der Waals surface area contributed by atoms with Crippen LogP contribution in [-0.4, -0.2) is 11.0 Å². The van der Waals surface area contributed by atoms with Crippen LogP contribution in [0.15, 0.2) is 16.7 Å². The molecule has 0 bridgehead atoms. The quantitative estimate of drug-likeness (QED) is 0.788. The number of esters is 1. The highest BCUT2D eigenvalue weighted by Crippen LogP contribution is 2.33. The van der Waals surface area contributed by atoms with Gasteiger partial charge in [0.1, 0.15) is 6.61 Å². The van der Waals surface area contributed by atoms with Crippen molar-refractivity contribution in [2.45, 2.75) is 19.7 Å². The van der Waals surface area contributed by atoms with Crippen LogP contribution in [0.4, 0.5) is 13.2 Å². The molecule has 0 radical (unpaired) electrons. The normalized spacial score (nSPS) is 11.3. The molecule has 0 aliphatic carbocycles. The highest BCUT2D eigenvalue weighted by Gasteiger charge is 2.34. The van der Waals surface area contributed by atoms with E-state index in [1.54, 1.807) is 0 Å². The van der Waals surface area contributed by atoms with Gasteiger partial charge in [0.25, 0.3) is 0 Å². The Morgan fingerprint density at radius 1 is 1.56 bits per heavy atom. The Hall–Kier alpha value is -1.11. The third-order valence-corrected chi connectivity index (χ3v) is 2.09. The number of rotatable bonds is 2. The maximum absolute atomic E-state index is 12.6. The lowest BCUT2D eigenvalue weighted by molar-refractivity contribution is -0.146. The van der Waals surface area contributed by atoms with E-state index in [2.05, 4.69) is 25.7 Å². The van der Waals surface area contributed by atoms with Gasteiger partial charge < -0.3 is 4.74 Å². The van der Waals surface area contributed by atoms with Crippen molar-refractivity contribution in [2.24, 2.45) is 0 Å². The van der Waals surface area contributed by atoms with Gasteiger partial charge in [-0.05, 0) is 22.0 Å². The summed E-state index contributed by atoms with van der Waals surface area (Å²) < 4.78 is 42.4. The minimum atomic E-state index is -4.52. The van der Waals surface area contributed by atoms with Gasteiger partial charge >= 0.3 is 12.1 Å². The van der Waals surface area contributed by atoms with Crippen LogP contribution in [0.2, 0.25) is 0 Å². The summed E-state index contributed by atoms with van der Waals surface area (Å²) in [6.07, 6.45) is -3.31. The Labute approximate surface area is 97.8 Å². The molecule has 0 aromatic carbocycles. The standard InChI is InChI=1S/C9H7BrF3NO2/c1-5(15)16-4-8-7(9(11,12)13)2-6(10)3-14-8/h2-3H,4H2,1H3. The number of hydrogen-bond acceptors (Lipinski definition) is 3. The van der Waals surface area contributed by atoms with Crippen molar-refractivity contribution in [2.75, 3.05) is 0 Å². The first-order valence-electron chi connectivity index (χ1n) is 4.15. The molecule has 0 aliphatic rings. The van der Waals surface area contributed by atoms with E-state index >= 15 is 0 Å². The Morgan fingerprint density at radius 2 is 2.19 bits per heavy atom. The fourth-order valence-electron chi connectivity index (χ4n) is 0.998. The van der Waals surface area contributed by atoms with Crippen LogP contribution in [0, 0.1) is 0 Å². The lowest BCUT2D eigenvalue weighted by Crippen LogP contribution is -2.12. The van der Waals surface area contributed by atoms with Gasteiger partial charge in [-0.15, -0.1) is 0 Å². The number of alkyl halides is 3. The average molecular weight is 298 g/mol. The monoisotopic (exact) mass is 297 g/mol. The lowest BCUT2D eigenvalue weighted by Gasteiger charge is -2.11. The molecule has 1 heterocycles. The molecule has 7 heteroatoms. The van der Waals surface area contributed by atoms with Gasteiger partial charge in [0.15, 0.2) is 0 Å². The predicted octanol–water partition coefficient (Wildman–Crippen LogP) is 2.93. The Kier molecular flexibility index (Phi) is 3.90. The number of carbonyl (C=O) groups is 1. The van der Waals surface area contributed by atoms with Gasteiger partial charge in [0.05, 0.1) is 11.3 Å². The van der Waals surface area contributed by atoms with Crippen LogP contribution in [0.5, 0.6) is 0 Å². The molecular formula is C9H7BrF3NO2. The number of hydrogen-bond donors (Lipinski definition) is 0. The number of carbonyl (C=O) groups excluding carboxylic acids is 1. The van der Waals surface area contributed by atoms with E-state index in [4.69, 9.17) is 0 Å². The predicted molar refractivity (Wildman–Crippen MR) is 52.4 cm³/mol. The Bertz CT molecular complexity index is 406. The fraction of sp³-hybridized carbons (Fsp3) is 0.333. The molecule has 88 valence electrons. The minimum Gasteiger partial charge on any atom is -0.459 e. The topological polar surface area (TPSA) is 39.2 Å². The van der Waals surface area contributed by atoms with E-state index in [0.29, 0.717) is 0 Å². The first-order chi connectivity index (χ1) is 7.30. The van der Waals surface area contributed by atoms with Crippen molar-refractivity contribution >= 4 is 21.9 Å². The van der Waals surface area contributed by atoms with Crippen LogP contribution in [0.3, 0.4) is 0 Å². The number of halogens is 4. The van der Waals surface area contributed by atoms with Gasteiger partial charge in [-0.2, -0.15) is 13.2 Å².